The maximum absolute atomic E-state index is 5.99. The minimum absolute atomic E-state index is 0.0356. The minimum Gasteiger partial charge on any atom is -0.483 e. The van der Waals surface area contributed by atoms with Gasteiger partial charge in [-0.3, -0.25) is 0 Å². The Hall–Kier alpha value is -0.590. The average molecular weight is 359 g/mol. The van der Waals surface area contributed by atoms with E-state index < -0.39 is 0 Å². The van der Waals surface area contributed by atoms with Crippen molar-refractivity contribution in [2.24, 2.45) is 5.73 Å². The second-order valence-corrected chi connectivity index (χ2v) is 6.10. The Morgan fingerprint density at radius 3 is 2.71 bits per heavy atom. The zero-order chi connectivity index (χ0) is 12.3. The molecule has 90 valence electrons. The van der Waals surface area contributed by atoms with Crippen molar-refractivity contribution in [2.75, 3.05) is 0 Å². The Morgan fingerprint density at radius 1 is 1.29 bits per heavy atom. The van der Waals surface area contributed by atoms with Crippen molar-refractivity contribution in [3.8, 4) is 5.75 Å². The highest BCUT2D eigenvalue weighted by Gasteiger charge is 2.19. The molecular formula is C13H14INOS. The lowest BCUT2D eigenvalue weighted by Gasteiger charge is -2.21. The number of hydrogen-bond donors (Lipinski definition) is 1. The average Bonchev–Trinajstić information content (AvgIpc) is 2.78. The Morgan fingerprint density at radius 2 is 2.12 bits per heavy atom. The van der Waals surface area contributed by atoms with E-state index in [1.807, 2.05) is 42.6 Å². The van der Waals surface area contributed by atoms with Gasteiger partial charge in [-0.05, 0) is 59.2 Å². The second-order valence-electron chi connectivity index (χ2n) is 3.87. The molecule has 0 spiro atoms. The maximum Gasteiger partial charge on any atom is 0.148 e. The molecule has 0 saturated carbocycles. The molecule has 2 nitrogen and oxygen atoms in total. The van der Waals surface area contributed by atoms with Crippen LogP contribution in [0, 0.1) is 3.57 Å². The van der Waals surface area contributed by atoms with Gasteiger partial charge in [0, 0.05) is 14.5 Å². The molecule has 2 aromatic rings. The Bertz CT molecular complexity index is 470. The van der Waals surface area contributed by atoms with Crippen molar-refractivity contribution in [1.82, 2.24) is 0 Å². The van der Waals surface area contributed by atoms with Gasteiger partial charge in [0.25, 0.3) is 0 Å². The summed E-state index contributed by atoms with van der Waals surface area (Å²) in [7, 11) is 0. The highest BCUT2D eigenvalue weighted by atomic mass is 127. The van der Waals surface area contributed by atoms with E-state index >= 15 is 0 Å². The molecule has 0 aliphatic carbocycles. The van der Waals surface area contributed by atoms with Crippen LogP contribution in [0.4, 0.5) is 0 Å². The normalized spacial score (nSPS) is 14.3. The third-order valence-corrected chi connectivity index (χ3v) is 3.97. The molecule has 17 heavy (non-hydrogen) atoms. The summed E-state index contributed by atoms with van der Waals surface area (Å²) in [6.45, 7) is 1.97. The first kappa shape index (κ1) is 12.9. The first-order valence-corrected chi connectivity index (χ1v) is 7.34. The molecule has 0 amide bonds. The molecule has 0 fully saturated rings. The van der Waals surface area contributed by atoms with E-state index in [0.29, 0.717) is 0 Å². The number of thiophene rings is 1. The molecule has 2 atom stereocenters. The van der Waals surface area contributed by atoms with Crippen LogP contribution in [-0.4, -0.2) is 6.04 Å². The van der Waals surface area contributed by atoms with Gasteiger partial charge in [-0.25, -0.2) is 0 Å². The van der Waals surface area contributed by atoms with Crippen molar-refractivity contribution in [1.29, 1.82) is 0 Å². The zero-order valence-electron chi connectivity index (χ0n) is 9.47. The van der Waals surface area contributed by atoms with Crippen LogP contribution in [0.25, 0.3) is 0 Å². The molecule has 1 aromatic heterocycles. The summed E-state index contributed by atoms with van der Waals surface area (Å²) in [5.41, 5.74) is 5.99. The predicted octanol–water partition coefficient (Wildman–Crippen LogP) is 3.82. The molecule has 2 rings (SSSR count). The number of benzene rings is 1. The van der Waals surface area contributed by atoms with Crippen LogP contribution in [0.2, 0.25) is 0 Å². The van der Waals surface area contributed by atoms with Crippen LogP contribution in [-0.2, 0) is 0 Å². The fourth-order valence-corrected chi connectivity index (χ4v) is 2.95. The van der Waals surface area contributed by atoms with E-state index in [4.69, 9.17) is 10.5 Å². The van der Waals surface area contributed by atoms with Crippen LogP contribution in [0.5, 0.6) is 5.75 Å². The number of hydrogen-bond acceptors (Lipinski definition) is 3. The maximum atomic E-state index is 5.99. The van der Waals surface area contributed by atoms with Crippen LogP contribution < -0.4 is 10.5 Å². The van der Waals surface area contributed by atoms with Crippen molar-refractivity contribution in [3.05, 3.63) is 50.2 Å². The molecule has 0 bridgehead atoms. The lowest BCUT2D eigenvalue weighted by atomic mass is 10.1. The third-order valence-electron chi connectivity index (χ3n) is 2.36. The first-order chi connectivity index (χ1) is 8.16. The van der Waals surface area contributed by atoms with Gasteiger partial charge < -0.3 is 10.5 Å². The molecule has 1 heterocycles. The molecular weight excluding hydrogens is 345 g/mol. The van der Waals surface area contributed by atoms with Gasteiger partial charge in [-0.2, -0.15) is 0 Å². The van der Waals surface area contributed by atoms with Crippen molar-refractivity contribution >= 4 is 33.9 Å². The Labute approximate surface area is 119 Å². The summed E-state index contributed by atoms with van der Waals surface area (Å²) in [4.78, 5) is 1.17. The second kappa shape index (κ2) is 5.84. The monoisotopic (exact) mass is 359 g/mol. The van der Waals surface area contributed by atoms with E-state index in [1.165, 1.54) is 4.88 Å². The van der Waals surface area contributed by atoms with Gasteiger partial charge >= 0.3 is 0 Å². The molecule has 2 unspecified atom stereocenters. The lowest BCUT2D eigenvalue weighted by Crippen LogP contribution is -2.28. The molecule has 4 heteroatoms. The Kier molecular flexibility index (Phi) is 4.42. The van der Waals surface area contributed by atoms with E-state index in [0.717, 1.165) is 9.32 Å². The summed E-state index contributed by atoms with van der Waals surface area (Å²) in [5.74, 6) is 0.868. The number of rotatable bonds is 4. The fourth-order valence-electron chi connectivity index (χ4n) is 1.56. The van der Waals surface area contributed by atoms with Crippen LogP contribution in [0.3, 0.4) is 0 Å². The molecule has 2 N–H and O–H groups in total. The van der Waals surface area contributed by atoms with Crippen LogP contribution in [0.1, 0.15) is 17.9 Å². The van der Waals surface area contributed by atoms with E-state index in [9.17, 15) is 0 Å². The smallest absolute Gasteiger partial charge is 0.148 e. The van der Waals surface area contributed by atoms with Crippen molar-refractivity contribution < 1.29 is 4.74 Å². The van der Waals surface area contributed by atoms with E-state index in [2.05, 4.69) is 28.7 Å². The summed E-state index contributed by atoms with van der Waals surface area (Å²) in [6, 6.07) is 12.1. The third kappa shape index (κ3) is 3.43. The first-order valence-electron chi connectivity index (χ1n) is 5.38. The summed E-state index contributed by atoms with van der Waals surface area (Å²) < 4.78 is 7.14. The summed E-state index contributed by atoms with van der Waals surface area (Å²) in [5, 5.41) is 2.04. The number of nitrogens with two attached hydrogens (primary N) is 1. The quantitative estimate of drug-likeness (QED) is 0.843. The van der Waals surface area contributed by atoms with E-state index in [-0.39, 0.29) is 12.1 Å². The standard InChI is InChI=1S/C13H14INOS/c1-9(15)13(12-6-3-7-17-12)16-11-5-2-4-10(14)8-11/h2-9,13H,15H2,1H3. The highest BCUT2D eigenvalue weighted by Crippen LogP contribution is 2.28. The predicted molar refractivity (Wildman–Crippen MR) is 80.5 cm³/mol. The fraction of sp³-hybridized carbons (Fsp3) is 0.231. The topological polar surface area (TPSA) is 35.2 Å². The molecule has 0 saturated heterocycles. The van der Waals surface area contributed by atoms with Gasteiger partial charge in [0.1, 0.15) is 11.9 Å². The highest BCUT2D eigenvalue weighted by molar-refractivity contribution is 14.1. The van der Waals surface area contributed by atoms with Gasteiger partial charge in [0.2, 0.25) is 0 Å². The van der Waals surface area contributed by atoms with Gasteiger partial charge in [0.05, 0.1) is 0 Å². The lowest BCUT2D eigenvalue weighted by molar-refractivity contribution is 0.184. The minimum atomic E-state index is -0.0757. The number of ether oxygens (including phenoxy) is 1. The summed E-state index contributed by atoms with van der Waals surface area (Å²) >= 11 is 3.95. The molecule has 0 aliphatic heterocycles. The van der Waals surface area contributed by atoms with E-state index in [1.54, 1.807) is 11.3 Å². The SMILES string of the molecule is CC(N)C(Oc1cccc(I)c1)c1cccs1. The van der Waals surface area contributed by atoms with Gasteiger partial charge in [0.15, 0.2) is 0 Å². The number of halogens is 1. The van der Waals surface area contributed by atoms with Gasteiger partial charge in [-0.1, -0.05) is 12.1 Å². The summed E-state index contributed by atoms with van der Waals surface area (Å²) in [6.07, 6.45) is -0.0757. The van der Waals surface area contributed by atoms with Crippen LogP contribution >= 0.6 is 33.9 Å². The molecule has 0 radical (unpaired) electrons. The van der Waals surface area contributed by atoms with Crippen LogP contribution in [0.15, 0.2) is 41.8 Å². The van der Waals surface area contributed by atoms with Gasteiger partial charge in [-0.15, -0.1) is 11.3 Å². The van der Waals surface area contributed by atoms with Crippen molar-refractivity contribution in [3.63, 3.8) is 0 Å². The zero-order valence-corrected chi connectivity index (χ0v) is 12.4. The molecule has 0 aliphatic rings. The van der Waals surface area contributed by atoms with Crippen molar-refractivity contribution in [2.45, 2.75) is 19.1 Å². The largest absolute Gasteiger partial charge is 0.483 e. The Balaban J connectivity index is 2.19. The molecule has 1 aromatic carbocycles.